The van der Waals surface area contributed by atoms with E-state index in [9.17, 15) is 4.39 Å². The van der Waals surface area contributed by atoms with Crippen LogP contribution in [-0.2, 0) is 0 Å². The average molecular weight is 367 g/mol. The molecule has 3 heterocycles. The second-order valence-corrected chi connectivity index (χ2v) is 7.52. The summed E-state index contributed by atoms with van der Waals surface area (Å²) in [4.78, 5) is 6.82. The summed E-state index contributed by atoms with van der Waals surface area (Å²) in [6, 6.07) is 8.27. The third-order valence-electron chi connectivity index (χ3n) is 5.21. The number of nitrogens with zero attached hydrogens (tertiary/aromatic N) is 4. The molecular weight excluding hydrogens is 345 g/mol. The van der Waals surface area contributed by atoms with Gasteiger partial charge in [-0.3, -0.25) is 0 Å². The fourth-order valence-electron chi connectivity index (χ4n) is 3.65. The minimum atomic E-state index is -0.280. The fraction of sp³-hybridized carbons (Fsp3) is 0.400. The Labute approximate surface area is 157 Å². The van der Waals surface area contributed by atoms with Gasteiger partial charge in [0.15, 0.2) is 5.65 Å². The predicted octanol–water partition coefficient (Wildman–Crippen LogP) is 3.57. The Balaban J connectivity index is 1.53. The number of fused-ring (bicyclic) bond motifs is 1. The smallest absolute Gasteiger partial charge is 0.234 e. The van der Waals surface area contributed by atoms with Crippen LogP contribution in [0.4, 0.5) is 15.8 Å². The zero-order valence-electron chi connectivity index (χ0n) is 15.2. The highest BCUT2D eigenvalue weighted by Crippen LogP contribution is 2.41. The molecule has 0 bridgehead atoms. The van der Waals surface area contributed by atoms with Crippen molar-refractivity contribution in [2.24, 2.45) is 0 Å². The Bertz CT molecular complexity index is 984. The van der Waals surface area contributed by atoms with E-state index in [4.69, 9.17) is 9.84 Å². The summed E-state index contributed by atoms with van der Waals surface area (Å²) >= 11 is 0. The van der Waals surface area contributed by atoms with Crippen LogP contribution in [0.3, 0.4) is 0 Å². The first-order valence-electron chi connectivity index (χ1n) is 9.42. The van der Waals surface area contributed by atoms with Crippen LogP contribution in [0.15, 0.2) is 36.5 Å². The first-order valence-corrected chi connectivity index (χ1v) is 9.42. The Hall–Kier alpha value is -2.67. The van der Waals surface area contributed by atoms with Crippen molar-refractivity contribution in [1.29, 1.82) is 0 Å². The van der Waals surface area contributed by atoms with Gasteiger partial charge in [-0.15, -0.1) is 5.10 Å². The van der Waals surface area contributed by atoms with Crippen molar-refractivity contribution in [1.82, 2.24) is 19.5 Å². The monoisotopic (exact) mass is 367 g/mol. The molecule has 1 saturated carbocycles. The van der Waals surface area contributed by atoms with E-state index < -0.39 is 0 Å². The first kappa shape index (κ1) is 16.5. The molecule has 6 nitrogen and oxygen atoms in total. The lowest BCUT2D eigenvalue weighted by Crippen LogP contribution is -2.22. The molecule has 140 valence electrons. The molecule has 2 fully saturated rings. The third kappa shape index (κ3) is 3.35. The molecule has 1 N–H and O–H groups in total. The van der Waals surface area contributed by atoms with Crippen LogP contribution in [0.2, 0.25) is 0 Å². The number of rotatable bonds is 5. The predicted molar refractivity (Wildman–Crippen MR) is 101 cm³/mol. The third-order valence-corrected chi connectivity index (χ3v) is 5.21. The zero-order chi connectivity index (χ0) is 18.4. The van der Waals surface area contributed by atoms with Crippen LogP contribution >= 0.6 is 0 Å². The second kappa shape index (κ2) is 6.49. The van der Waals surface area contributed by atoms with Gasteiger partial charge in [0, 0.05) is 30.8 Å². The van der Waals surface area contributed by atoms with Crippen LogP contribution in [0, 0.1) is 5.82 Å². The van der Waals surface area contributed by atoms with Crippen LogP contribution in [0.25, 0.3) is 5.65 Å². The molecule has 5 rings (SSSR count). The number of aromatic nitrogens is 3. The summed E-state index contributed by atoms with van der Waals surface area (Å²) in [5.74, 6) is 0.807. The van der Waals surface area contributed by atoms with Crippen LogP contribution in [0.5, 0.6) is 5.88 Å². The largest absolute Gasteiger partial charge is 0.472 e. The summed E-state index contributed by atoms with van der Waals surface area (Å²) < 4.78 is 21.6. The fourth-order valence-corrected chi connectivity index (χ4v) is 3.65. The molecule has 0 amide bonds. The molecule has 0 spiro atoms. The molecule has 1 aliphatic carbocycles. The quantitative estimate of drug-likeness (QED) is 0.747. The summed E-state index contributed by atoms with van der Waals surface area (Å²) in [5.41, 5.74) is 3.29. The molecule has 27 heavy (non-hydrogen) atoms. The van der Waals surface area contributed by atoms with Gasteiger partial charge >= 0.3 is 0 Å². The van der Waals surface area contributed by atoms with Crippen LogP contribution in [0.1, 0.15) is 30.9 Å². The number of hydrogen-bond acceptors (Lipinski definition) is 5. The molecule has 1 atom stereocenters. The number of benzene rings is 1. The van der Waals surface area contributed by atoms with Gasteiger partial charge in [-0.1, -0.05) is 6.07 Å². The molecule has 1 aliphatic heterocycles. The minimum absolute atomic E-state index is 0.134. The van der Waals surface area contributed by atoms with E-state index in [1.807, 2.05) is 22.8 Å². The topological polar surface area (TPSA) is 54.7 Å². The van der Waals surface area contributed by atoms with E-state index in [0.29, 0.717) is 17.5 Å². The number of nitrogens with one attached hydrogen (secondary N) is 1. The van der Waals surface area contributed by atoms with Gasteiger partial charge in [0.05, 0.1) is 17.6 Å². The first-order chi connectivity index (χ1) is 13.2. The molecule has 0 unspecified atom stereocenters. The summed E-state index contributed by atoms with van der Waals surface area (Å²) in [7, 11) is 2.10. The Kier molecular flexibility index (Phi) is 3.97. The lowest BCUT2D eigenvalue weighted by Gasteiger charge is -2.15. The van der Waals surface area contributed by atoms with Gasteiger partial charge in [0.2, 0.25) is 5.88 Å². The van der Waals surface area contributed by atoms with Gasteiger partial charge in [0.1, 0.15) is 11.9 Å². The molecule has 1 saturated heterocycles. The summed E-state index contributed by atoms with van der Waals surface area (Å²) in [6.07, 6.45) is 5.35. The maximum absolute atomic E-state index is 13.6. The van der Waals surface area contributed by atoms with Gasteiger partial charge < -0.3 is 15.0 Å². The van der Waals surface area contributed by atoms with Crippen molar-refractivity contribution in [2.75, 3.05) is 25.5 Å². The van der Waals surface area contributed by atoms with Crippen LogP contribution < -0.4 is 10.1 Å². The maximum atomic E-state index is 13.6. The Morgan fingerprint density at radius 1 is 1.22 bits per heavy atom. The van der Waals surface area contributed by atoms with Crippen molar-refractivity contribution >= 4 is 17.0 Å². The van der Waals surface area contributed by atoms with E-state index in [0.717, 1.165) is 36.5 Å². The van der Waals surface area contributed by atoms with Crippen molar-refractivity contribution in [3.63, 3.8) is 0 Å². The highest BCUT2D eigenvalue weighted by atomic mass is 19.1. The highest BCUT2D eigenvalue weighted by Gasteiger charge is 2.29. The summed E-state index contributed by atoms with van der Waals surface area (Å²) in [5, 5.41) is 7.98. The molecule has 7 heteroatoms. The molecular formula is C20H22FN5O. The zero-order valence-corrected chi connectivity index (χ0v) is 15.2. The average Bonchev–Trinajstić information content (AvgIpc) is 3.26. The number of halogens is 1. The van der Waals surface area contributed by atoms with E-state index >= 15 is 0 Å². The van der Waals surface area contributed by atoms with E-state index in [2.05, 4.69) is 22.2 Å². The standard InChI is InChI=1S/C20H22FN5O/c1-25-8-7-16(12-25)27-19-10-17(23-15-4-2-3-14(21)9-15)20-22-11-18(13-5-6-13)26(20)24-19/h2-4,9-11,13,16,23H,5-8,12H2,1H3/t16-/m0/s1. The van der Waals surface area contributed by atoms with Crippen molar-refractivity contribution < 1.29 is 9.13 Å². The number of likely N-dealkylation sites (N-methyl/N-ethyl adjacent to an activating group) is 1. The van der Waals surface area contributed by atoms with Crippen molar-refractivity contribution in [3.8, 4) is 5.88 Å². The Morgan fingerprint density at radius 3 is 2.85 bits per heavy atom. The highest BCUT2D eigenvalue weighted by molar-refractivity contribution is 5.74. The normalized spacial score (nSPS) is 20.3. The molecule has 2 aliphatic rings. The molecule has 0 radical (unpaired) electrons. The van der Waals surface area contributed by atoms with Gasteiger partial charge in [-0.2, -0.15) is 0 Å². The van der Waals surface area contributed by atoms with E-state index in [1.165, 1.54) is 25.0 Å². The van der Waals surface area contributed by atoms with Gasteiger partial charge in [0.25, 0.3) is 0 Å². The SMILES string of the molecule is CN1CC[C@H](Oc2cc(Nc3cccc(F)c3)c3ncc(C4CC4)n3n2)C1. The maximum Gasteiger partial charge on any atom is 0.234 e. The lowest BCUT2D eigenvalue weighted by molar-refractivity contribution is 0.197. The number of hydrogen-bond donors (Lipinski definition) is 1. The van der Waals surface area contributed by atoms with Gasteiger partial charge in [-0.25, -0.2) is 13.9 Å². The minimum Gasteiger partial charge on any atom is -0.472 e. The lowest BCUT2D eigenvalue weighted by atomic mass is 10.3. The number of likely N-dealkylation sites (tertiary alicyclic amines) is 1. The van der Waals surface area contributed by atoms with Gasteiger partial charge in [-0.05, 0) is 44.5 Å². The molecule has 2 aromatic heterocycles. The number of ether oxygens (including phenoxy) is 1. The Morgan fingerprint density at radius 2 is 2.11 bits per heavy atom. The molecule has 1 aromatic carbocycles. The summed E-state index contributed by atoms with van der Waals surface area (Å²) in [6.45, 7) is 1.92. The number of anilines is 2. The second-order valence-electron chi connectivity index (χ2n) is 7.52. The van der Waals surface area contributed by atoms with E-state index in [-0.39, 0.29) is 11.9 Å². The molecule has 3 aromatic rings. The van der Waals surface area contributed by atoms with Crippen LogP contribution in [-0.4, -0.2) is 45.7 Å². The van der Waals surface area contributed by atoms with Crippen molar-refractivity contribution in [3.05, 3.63) is 48.0 Å². The van der Waals surface area contributed by atoms with Crippen molar-refractivity contribution in [2.45, 2.75) is 31.3 Å². The number of imidazole rings is 1. The van der Waals surface area contributed by atoms with E-state index in [1.54, 1.807) is 6.07 Å².